The molecule has 74 heavy (non-hydrogen) atoms. The lowest BCUT2D eigenvalue weighted by atomic mass is 10.0. The van der Waals surface area contributed by atoms with Crippen LogP contribution in [0.1, 0.15) is 290 Å². The maximum atomic E-state index is 12.7. The van der Waals surface area contributed by atoms with E-state index in [0.29, 0.717) is 6.42 Å². The van der Waals surface area contributed by atoms with Crippen molar-refractivity contribution in [2.45, 2.75) is 296 Å². The van der Waals surface area contributed by atoms with Gasteiger partial charge in [0.1, 0.15) is 6.61 Å². The Morgan fingerprint density at radius 1 is 0.419 bits per heavy atom. The minimum absolute atomic E-state index is 0.0487. The molecule has 0 aromatic heterocycles. The van der Waals surface area contributed by atoms with Gasteiger partial charge in [0.05, 0.1) is 13.2 Å². The summed E-state index contributed by atoms with van der Waals surface area (Å²) in [5, 5.41) is 0. The maximum absolute atomic E-state index is 12.7. The Hall–Kier alpha value is -2.55. The third-order valence-electron chi connectivity index (χ3n) is 13.4. The molecule has 10 heteroatoms. The number of unbranched alkanes of at least 4 members (excludes halogenated alkanes) is 33. The van der Waals surface area contributed by atoms with Crippen molar-refractivity contribution in [3.63, 3.8) is 0 Å². The summed E-state index contributed by atoms with van der Waals surface area (Å²) in [4.78, 5) is 35.2. The minimum atomic E-state index is -4.40. The quantitative estimate of drug-likeness (QED) is 0.0264. The van der Waals surface area contributed by atoms with Crippen LogP contribution >= 0.6 is 7.82 Å². The van der Waals surface area contributed by atoms with Crippen LogP contribution in [0, 0.1) is 0 Å². The van der Waals surface area contributed by atoms with E-state index in [2.05, 4.69) is 86.8 Å². The molecular formula is C64H116NO8P. The Labute approximate surface area is 456 Å². The first-order chi connectivity index (χ1) is 36.3. The van der Waals surface area contributed by atoms with Crippen LogP contribution < -0.4 is 5.73 Å². The predicted molar refractivity (Wildman–Crippen MR) is 316 cm³/mol. The lowest BCUT2D eigenvalue weighted by Gasteiger charge is -2.19. The Balaban J connectivity index is 3.95. The summed E-state index contributed by atoms with van der Waals surface area (Å²) in [6.45, 7) is 3.65. The Morgan fingerprint density at radius 3 is 1.11 bits per heavy atom. The molecule has 0 radical (unpaired) electrons. The fourth-order valence-corrected chi connectivity index (χ4v) is 9.58. The van der Waals surface area contributed by atoms with Gasteiger partial charge in [0.15, 0.2) is 6.10 Å². The summed E-state index contributed by atoms with van der Waals surface area (Å²) >= 11 is 0. The molecule has 0 aromatic rings. The van der Waals surface area contributed by atoms with Crippen molar-refractivity contribution in [2.75, 3.05) is 26.4 Å². The van der Waals surface area contributed by atoms with Crippen LogP contribution in [0.3, 0.4) is 0 Å². The minimum Gasteiger partial charge on any atom is -0.462 e. The third-order valence-corrected chi connectivity index (χ3v) is 14.3. The Bertz CT molecular complexity index is 1440. The van der Waals surface area contributed by atoms with Crippen molar-refractivity contribution >= 4 is 19.8 Å². The van der Waals surface area contributed by atoms with E-state index in [1.54, 1.807) is 0 Å². The molecule has 0 fully saturated rings. The molecule has 0 spiro atoms. The van der Waals surface area contributed by atoms with E-state index < -0.39 is 26.5 Å². The van der Waals surface area contributed by atoms with Crippen LogP contribution in [0.2, 0.25) is 0 Å². The van der Waals surface area contributed by atoms with Crippen molar-refractivity contribution < 1.29 is 37.6 Å². The molecule has 0 saturated carbocycles. The number of nitrogens with two attached hydrogens (primary N) is 1. The number of phosphoric ester groups is 1. The van der Waals surface area contributed by atoms with Crippen LogP contribution in [0.4, 0.5) is 0 Å². The number of rotatable bonds is 58. The number of ether oxygens (including phenoxy) is 2. The van der Waals surface area contributed by atoms with Crippen LogP contribution in [0.15, 0.2) is 72.9 Å². The summed E-state index contributed by atoms with van der Waals surface area (Å²) in [6.07, 6.45) is 76.9. The van der Waals surface area contributed by atoms with Crippen LogP contribution in [0.25, 0.3) is 0 Å². The zero-order valence-electron chi connectivity index (χ0n) is 48.1. The first kappa shape index (κ1) is 71.5. The van der Waals surface area contributed by atoms with E-state index in [0.717, 1.165) is 96.3 Å². The highest BCUT2D eigenvalue weighted by Gasteiger charge is 2.26. The van der Waals surface area contributed by atoms with Crippen molar-refractivity contribution in [1.29, 1.82) is 0 Å². The Morgan fingerprint density at radius 2 is 0.743 bits per heavy atom. The second kappa shape index (κ2) is 59.7. The fourth-order valence-electron chi connectivity index (χ4n) is 8.82. The van der Waals surface area contributed by atoms with Gasteiger partial charge in [0.25, 0.3) is 0 Å². The summed E-state index contributed by atoms with van der Waals surface area (Å²) in [7, 11) is -4.40. The van der Waals surface area contributed by atoms with Crippen LogP contribution in [-0.4, -0.2) is 49.3 Å². The second-order valence-corrected chi connectivity index (χ2v) is 22.0. The largest absolute Gasteiger partial charge is 0.472 e. The van der Waals surface area contributed by atoms with Crippen molar-refractivity contribution in [3.8, 4) is 0 Å². The van der Waals surface area contributed by atoms with Gasteiger partial charge in [-0.1, -0.05) is 286 Å². The second-order valence-electron chi connectivity index (χ2n) is 20.6. The number of carbonyl (C=O) groups excluding carboxylic acids is 2. The molecule has 0 aliphatic heterocycles. The molecule has 430 valence electrons. The highest BCUT2D eigenvalue weighted by molar-refractivity contribution is 7.47. The van der Waals surface area contributed by atoms with Gasteiger partial charge in [0, 0.05) is 19.4 Å². The first-order valence-electron chi connectivity index (χ1n) is 30.9. The van der Waals surface area contributed by atoms with Crippen LogP contribution in [-0.2, 0) is 32.7 Å². The lowest BCUT2D eigenvalue weighted by Crippen LogP contribution is -2.29. The van der Waals surface area contributed by atoms with Gasteiger partial charge in [0.2, 0.25) is 0 Å². The fraction of sp³-hybridized carbons (Fsp3) is 0.781. The van der Waals surface area contributed by atoms with Crippen molar-refractivity contribution in [1.82, 2.24) is 0 Å². The summed E-state index contributed by atoms with van der Waals surface area (Å²) in [6, 6.07) is 0. The molecular weight excluding hydrogens is 942 g/mol. The molecule has 0 heterocycles. The molecule has 0 saturated heterocycles. The smallest absolute Gasteiger partial charge is 0.462 e. The van der Waals surface area contributed by atoms with E-state index in [1.165, 1.54) is 161 Å². The van der Waals surface area contributed by atoms with Gasteiger partial charge in [-0.25, -0.2) is 4.57 Å². The first-order valence-corrected chi connectivity index (χ1v) is 32.4. The average Bonchev–Trinajstić information content (AvgIpc) is 3.39. The van der Waals surface area contributed by atoms with Gasteiger partial charge in [-0.2, -0.15) is 0 Å². The molecule has 9 nitrogen and oxygen atoms in total. The van der Waals surface area contributed by atoms with Gasteiger partial charge < -0.3 is 20.1 Å². The lowest BCUT2D eigenvalue weighted by molar-refractivity contribution is -0.161. The van der Waals surface area contributed by atoms with Gasteiger partial charge in [-0.3, -0.25) is 18.6 Å². The number of carbonyl (C=O) groups is 2. The monoisotopic (exact) mass is 1060 g/mol. The van der Waals surface area contributed by atoms with Gasteiger partial charge in [-0.15, -0.1) is 0 Å². The predicted octanol–water partition coefficient (Wildman–Crippen LogP) is 19.7. The number of allylic oxidation sites excluding steroid dienone is 12. The zero-order valence-corrected chi connectivity index (χ0v) is 49.0. The molecule has 2 atom stereocenters. The topological polar surface area (TPSA) is 134 Å². The maximum Gasteiger partial charge on any atom is 0.472 e. The zero-order chi connectivity index (χ0) is 53.8. The normalized spacial score (nSPS) is 13.5. The highest BCUT2D eigenvalue weighted by Crippen LogP contribution is 2.43. The summed E-state index contributed by atoms with van der Waals surface area (Å²) in [5.74, 6) is -0.836. The summed E-state index contributed by atoms with van der Waals surface area (Å²) in [5.41, 5.74) is 5.39. The van der Waals surface area contributed by atoms with Crippen molar-refractivity contribution in [3.05, 3.63) is 72.9 Å². The van der Waals surface area contributed by atoms with Crippen LogP contribution in [0.5, 0.6) is 0 Å². The average molecular weight is 1060 g/mol. The van der Waals surface area contributed by atoms with E-state index in [1.807, 2.05) is 0 Å². The standard InChI is InChI=1S/C64H116NO8P/c1-3-5-7-9-11-13-15-17-19-21-23-25-27-29-30-31-33-34-36-38-40-42-44-46-48-50-52-54-56-63(66)70-60-62(61-72-74(68,69)71-59-58-65)73-64(67)57-55-53-51-49-47-45-43-41-39-37-35-32-28-26-24-22-20-18-16-14-12-10-8-6-4-2/h6,8,12,14,18,20,24,26,32,35,39,41,62H,3-5,7,9-11,13,15-17,19,21-23,25,27-31,33-34,36-38,40,42-61,65H2,1-2H3,(H,68,69)/b8-6-,14-12-,20-18-,26-24-,35-32-,41-39-. The molecule has 3 N–H and O–H groups in total. The summed E-state index contributed by atoms with van der Waals surface area (Å²) < 4.78 is 33.1. The van der Waals surface area contributed by atoms with Gasteiger partial charge >= 0.3 is 19.8 Å². The number of hydrogen-bond donors (Lipinski definition) is 2. The van der Waals surface area contributed by atoms with E-state index in [-0.39, 0.29) is 38.6 Å². The number of esters is 2. The van der Waals surface area contributed by atoms with E-state index >= 15 is 0 Å². The van der Waals surface area contributed by atoms with Crippen molar-refractivity contribution in [2.24, 2.45) is 5.73 Å². The molecule has 0 rings (SSSR count). The molecule has 0 aliphatic carbocycles. The number of phosphoric acid groups is 1. The SMILES string of the molecule is CC/C=C\C/C=C\C/C=C\C/C=C\C/C=C\C/C=C\CCCCCCCCC(=O)OC(COC(=O)CCCCCCCCCCCCCCCCCCCCCCCCCCCCCC)COP(=O)(O)OCCN. The molecule has 0 aliphatic rings. The highest BCUT2D eigenvalue weighted by atomic mass is 31.2. The van der Waals surface area contributed by atoms with E-state index in [9.17, 15) is 19.0 Å². The molecule has 0 aromatic carbocycles. The number of hydrogen-bond acceptors (Lipinski definition) is 8. The molecule has 2 unspecified atom stereocenters. The third kappa shape index (κ3) is 58.7. The van der Waals surface area contributed by atoms with Gasteiger partial charge in [-0.05, 0) is 64.2 Å². The molecule has 0 amide bonds. The Kier molecular flexibility index (Phi) is 57.6. The molecule has 0 bridgehead atoms. The van der Waals surface area contributed by atoms with E-state index in [4.69, 9.17) is 24.3 Å².